The van der Waals surface area contributed by atoms with Crippen molar-refractivity contribution in [2.24, 2.45) is 11.7 Å². The van der Waals surface area contributed by atoms with E-state index in [1.807, 2.05) is 0 Å². The predicted molar refractivity (Wildman–Crippen MR) is 54.8 cm³/mol. The lowest BCUT2D eigenvalue weighted by Gasteiger charge is -2.25. The van der Waals surface area contributed by atoms with E-state index in [2.05, 4.69) is 5.32 Å². The molecule has 0 aromatic carbocycles. The second-order valence-electron chi connectivity index (χ2n) is 3.78. The van der Waals surface area contributed by atoms with E-state index in [-0.39, 0.29) is 12.5 Å². The molecule has 0 saturated heterocycles. The Labute approximate surface area is 85.2 Å². The number of ether oxygens (including phenoxy) is 1. The molecule has 0 aliphatic heterocycles. The normalized spacial score (nSPS) is 16.4. The van der Waals surface area contributed by atoms with Crippen LogP contribution in [0, 0.1) is 5.92 Å². The monoisotopic (exact) mass is 200 g/mol. The van der Waals surface area contributed by atoms with Crippen LogP contribution in [-0.4, -0.2) is 32.2 Å². The van der Waals surface area contributed by atoms with Gasteiger partial charge in [-0.15, -0.1) is 0 Å². The summed E-state index contributed by atoms with van der Waals surface area (Å²) in [6.07, 6.45) is 5.14. The minimum Gasteiger partial charge on any atom is -0.370 e. The van der Waals surface area contributed by atoms with E-state index in [4.69, 9.17) is 10.5 Å². The first kappa shape index (κ1) is 11.5. The summed E-state index contributed by atoms with van der Waals surface area (Å²) in [5, 5.41) is 2.84. The van der Waals surface area contributed by atoms with Gasteiger partial charge < -0.3 is 15.8 Å². The third kappa shape index (κ3) is 4.58. The Balaban J connectivity index is 1.86. The Kier molecular flexibility index (Phi) is 5.56. The quantitative estimate of drug-likeness (QED) is 0.580. The fourth-order valence-electron chi connectivity index (χ4n) is 1.50. The first-order valence-electron chi connectivity index (χ1n) is 5.37. The summed E-state index contributed by atoms with van der Waals surface area (Å²) in [7, 11) is 0. The molecule has 0 bridgehead atoms. The molecule has 0 spiro atoms. The lowest BCUT2D eigenvalue weighted by molar-refractivity contribution is -0.125. The lowest BCUT2D eigenvalue weighted by atomic mass is 9.83. The summed E-state index contributed by atoms with van der Waals surface area (Å²) in [5.41, 5.74) is 5.22. The summed E-state index contributed by atoms with van der Waals surface area (Å²) < 4.78 is 5.01. The molecular formula is C10H20N2O2. The average molecular weight is 200 g/mol. The van der Waals surface area contributed by atoms with Crippen LogP contribution in [0.5, 0.6) is 0 Å². The van der Waals surface area contributed by atoms with Crippen LogP contribution in [0.3, 0.4) is 0 Å². The molecule has 1 aliphatic rings. The van der Waals surface area contributed by atoms with E-state index < -0.39 is 0 Å². The van der Waals surface area contributed by atoms with Gasteiger partial charge in [0.05, 0.1) is 6.61 Å². The van der Waals surface area contributed by atoms with Crippen molar-refractivity contribution >= 4 is 5.91 Å². The molecule has 3 N–H and O–H groups in total. The number of hydrogen-bond donors (Lipinski definition) is 2. The summed E-state index contributed by atoms with van der Waals surface area (Å²) in [6, 6.07) is 0. The Hall–Kier alpha value is -0.610. The highest BCUT2D eigenvalue weighted by molar-refractivity contribution is 5.77. The molecule has 1 fully saturated rings. The summed E-state index contributed by atoms with van der Waals surface area (Å²) in [4.78, 5) is 11.1. The largest absolute Gasteiger partial charge is 0.370 e. The first-order valence-corrected chi connectivity index (χ1v) is 5.37. The third-order valence-electron chi connectivity index (χ3n) is 2.59. The van der Waals surface area contributed by atoms with Gasteiger partial charge in [-0.3, -0.25) is 4.79 Å². The van der Waals surface area contributed by atoms with Crippen molar-refractivity contribution in [3.05, 3.63) is 0 Å². The molecule has 0 aromatic rings. The molecule has 4 heteroatoms. The Morgan fingerprint density at radius 2 is 2.29 bits per heavy atom. The van der Waals surface area contributed by atoms with E-state index in [1.165, 1.54) is 19.3 Å². The van der Waals surface area contributed by atoms with Crippen molar-refractivity contribution in [2.75, 3.05) is 26.3 Å². The molecule has 1 amide bonds. The number of amides is 1. The van der Waals surface area contributed by atoms with Crippen LogP contribution in [0.1, 0.15) is 25.7 Å². The molecule has 14 heavy (non-hydrogen) atoms. The van der Waals surface area contributed by atoms with Crippen molar-refractivity contribution in [1.29, 1.82) is 0 Å². The van der Waals surface area contributed by atoms with Crippen molar-refractivity contribution in [3.8, 4) is 0 Å². The molecule has 0 atom stereocenters. The van der Waals surface area contributed by atoms with E-state index in [9.17, 15) is 4.79 Å². The molecular weight excluding hydrogens is 180 g/mol. The van der Waals surface area contributed by atoms with Crippen LogP contribution < -0.4 is 11.1 Å². The number of carbonyl (C=O) groups is 1. The maximum atomic E-state index is 11.1. The Morgan fingerprint density at radius 3 is 2.86 bits per heavy atom. The Bertz CT molecular complexity index is 170. The first-order chi connectivity index (χ1) is 6.83. The molecule has 1 rings (SSSR count). The van der Waals surface area contributed by atoms with Crippen LogP contribution in [0.2, 0.25) is 0 Å². The smallest absolute Gasteiger partial charge is 0.245 e. The van der Waals surface area contributed by atoms with Crippen molar-refractivity contribution in [1.82, 2.24) is 5.32 Å². The zero-order valence-electron chi connectivity index (χ0n) is 8.63. The minimum atomic E-state index is -0.0298. The van der Waals surface area contributed by atoms with Crippen molar-refractivity contribution < 1.29 is 9.53 Å². The minimum absolute atomic E-state index is 0.0298. The highest BCUT2D eigenvalue weighted by atomic mass is 16.5. The molecule has 0 heterocycles. The highest BCUT2D eigenvalue weighted by Crippen LogP contribution is 2.28. The van der Waals surface area contributed by atoms with Gasteiger partial charge in [0.25, 0.3) is 0 Å². The number of nitrogens with two attached hydrogens (primary N) is 1. The highest BCUT2D eigenvalue weighted by Gasteiger charge is 2.16. The van der Waals surface area contributed by atoms with Gasteiger partial charge in [0.1, 0.15) is 6.61 Å². The molecule has 82 valence electrons. The van der Waals surface area contributed by atoms with Gasteiger partial charge in [-0.05, 0) is 12.3 Å². The average Bonchev–Trinajstić information content (AvgIpc) is 2.10. The molecule has 1 saturated carbocycles. The summed E-state index contributed by atoms with van der Waals surface area (Å²) in [5.74, 6) is 0.818. The van der Waals surface area contributed by atoms with E-state index >= 15 is 0 Å². The maximum Gasteiger partial charge on any atom is 0.245 e. The topological polar surface area (TPSA) is 64.3 Å². The second-order valence-corrected chi connectivity index (χ2v) is 3.78. The number of hydrogen-bond acceptors (Lipinski definition) is 3. The van der Waals surface area contributed by atoms with Crippen LogP contribution in [-0.2, 0) is 9.53 Å². The molecule has 0 unspecified atom stereocenters. The number of rotatable bonds is 7. The zero-order valence-corrected chi connectivity index (χ0v) is 8.63. The number of nitrogens with one attached hydrogen (secondary N) is 1. The molecule has 0 radical (unpaired) electrons. The summed E-state index contributed by atoms with van der Waals surface area (Å²) in [6.45, 7) is 1.85. The van der Waals surface area contributed by atoms with E-state index in [0.717, 1.165) is 18.9 Å². The van der Waals surface area contributed by atoms with Crippen LogP contribution in [0.15, 0.2) is 0 Å². The van der Waals surface area contributed by atoms with Crippen molar-refractivity contribution in [2.45, 2.75) is 25.7 Å². The van der Waals surface area contributed by atoms with E-state index in [1.54, 1.807) is 0 Å². The Morgan fingerprint density at radius 1 is 1.50 bits per heavy atom. The van der Waals surface area contributed by atoms with Gasteiger partial charge in [0.2, 0.25) is 5.91 Å². The van der Waals surface area contributed by atoms with E-state index in [0.29, 0.717) is 13.2 Å². The number of carbonyl (C=O) groups excluding carboxylic acids is 1. The molecule has 1 aliphatic carbocycles. The van der Waals surface area contributed by atoms with Crippen LogP contribution in [0.4, 0.5) is 0 Å². The van der Waals surface area contributed by atoms with Crippen LogP contribution in [0.25, 0.3) is 0 Å². The van der Waals surface area contributed by atoms with Gasteiger partial charge in [0.15, 0.2) is 0 Å². The zero-order chi connectivity index (χ0) is 10.2. The second kappa shape index (κ2) is 6.79. The SMILES string of the molecule is NCCOCC(=O)NCCC1CCC1. The van der Waals surface area contributed by atoms with Gasteiger partial charge in [-0.2, -0.15) is 0 Å². The standard InChI is InChI=1S/C10H20N2O2/c11-5-7-14-8-10(13)12-6-4-9-2-1-3-9/h9H,1-8,11H2,(H,12,13). The fourth-order valence-corrected chi connectivity index (χ4v) is 1.50. The van der Waals surface area contributed by atoms with Gasteiger partial charge in [0, 0.05) is 13.1 Å². The fraction of sp³-hybridized carbons (Fsp3) is 0.900. The van der Waals surface area contributed by atoms with Crippen LogP contribution >= 0.6 is 0 Å². The predicted octanol–water partition coefficient (Wildman–Crippen LogP) is 0.268. The molecule has 4 nitrogen and oxygen atoms in total. The van der Waals surface area contributed by atoms with Gasteiger partial charge >= 0.3 is 0 Å². The van der Waals surface area contributed by atoms with Crippen molar-refractivity contribution in [3.63, 3.8) is 0 Å². The van der Waals surface area contributed by atoms with Gasteiger partial charge in [-0.25, -0.2) is 0 Å². The maximum absolute atomic E-state index is 11.1. The third-order valence-corrected chi connectivity index (χ3v) is 2.59. The molecule has 0 aromatic heterocycles. The van der Waals surface area contributed by atoms with Gasteiger partial charge in [-0.1, -0.05) is 19.3 Å². The summed E-state index contributed by atoms with van der Waals surface area (Å²) >= 11 is 0. The lowest BCUT2D eigenvalue weighted by Crippen LogP contribution is -2.31.